The molecule has 0 radical (unpaired) electrons. The number of nitrogens with one attached hydrogen (secondary N) is 1. The zero-order chi connectivity index (χ0) is 18.4. The molecule has 2 rings (SSSR count). The molecule has 6 heteroatoms. The number of hydrogen-bond donors (Lipinski definition) is 1. The number of benzene rings is 1. The molecule has 6 nitrogen and oxygen atoms in total. The topological polar surface area (TPSA) is 73.3 Å². The number of ether oxygens (including phenoxy) is 2. The van der Waals surface area contributed by atoms with Crippen molar-refractivity contribution in [3.63, 3.8) is 0 Å². The lowest BCUT2D eigenvalue weighted by Crippen LogP contribution is -2.21. The van der Waals surface area contributed by atoms with Gasteiger partial charge in [-0.3, -0.25) is 4.79 Å². The Labute approximate surface area is 148 Å². The highest BCUT2D eigenvalue weighted by atomic mass is 16.5. The number of rotatable bonds is 7. The summed E-state index contributed by atoms with van der Waals surface area (Å²) in [5, 5.41) is 2.77. The van der Waals surface area contributed by atoms with Gasteiger partial charge in [-0.2, -0.15) is 4.98 Å². The van der Waals surface area contributed by atoms with Gasteiger partial charge in [0.05, 0.1) is 18.5 Å². The molecule has 0 fully saturated rings. The smallest absolute Gasteiger partial charge is 0.262 e. The second-order valence-corrected chi connectivity index (χ2v) is 6.34. The molecule has 1 aromatic heterocycles. The number of aromatic nitrogens is 2. The van der Waals surface area contributed by atoms with Gasteiger partial charge >= 0.3 is 0 Å². The van der Waals surface area contributed by atoms with E-state index in [9.17, 15) is 4.79 Å². The molecule has 2 aromatic rings. The van der Waals surface area contributed by atoms with Crippen molar-refractivity contribution < 1.29 is 14.3 Å². The summed E-state index contributed by atoms with van der Waals surface area (Å²) in [5.41, 5.74) is 1.51. The van der Waals surface area contributed by atoms with E-state index < -0.39 is 0 Å². The van der Waals surface area contributed by atoms with Crippen molar-refractivity contribution in [2.24, 2.45) is 0 Å². The highest BCUT2D eigenvalue weighted by molar-refractivity contribution is 5.93. The fourth-order valence-electron chi connectivity index (χ4n) is 2.16. The highest BCUT2D eigenvalue weighted by Gasteiger charge is 2.13. The molecule has 0 saturated carbocycles. The molecule has 0 spiro atoms. The zero-order valence-corrected chi connectivity index (χ0v) is 15.4. The fourth-order valence-corrected chi connectivity index (χ4v) is 2.16. The van der Waals surface area contributed by atoms with Crippen LogP contribution in [0, 0.1) is 0 Å². The lowest BCUT2D eigenvalue weighted by Gasteiger charge is -2.13. The van der Waals surface area contributed by atoms with Crippen molar-refractivity contribution in [1.82, 2.24) is 9.97 Å². The Kier molecular flexibility index (Phi) is 6.33. The van der Waals surface area contributed by atoms with E-state index >= 15 is 0 Å². The third kappa shape index (κ3) is 5.17. The van der Waals surface area contributed by atoms with Crippen molar-refractivity contribution in [3.05, 3.63) is 41.9 Å². The lowest BCUT2D eigenvalue weighted by atomic mass is 10.1. The molecule has 1 amide bonds. The molecule has 1 aromatic carbocycles. The average Bonchev–Trinajstić information content (AvgIpc) is 2.60. The normalized spacial score (nSPS) is 10.8. The van der Waals surface area contributed by atoms with Crippen LogP contribution in [0.2, 0.25) is 0 Å². The van der Waals surface area contributed by atoms with Gasteiger partial charge in [-0.15, -0.1) is 0 Å². The molecule has 1 heterocycles. The molecule has 1 N–H and O–H groups in total. The molecule has 0 aliphatic carbocycles. The number of amides is 1. The van der Waals surface area contributed by atoms with Gasteiger partial charge in [0.15, 0.2) is 6.61 Å². The number of methoxy groups -OCH3 is 1. The Bertz CT molecular complexity index is 703. The standard InChI is InChI=1S/C19H25N3O3/c1-12(2)15-10-18(22-19(21-15)13(3)4)25-11-17(23)20-14-8-6-7-9-16(14)24-5/h6-10,12-13H,11H2,1-5H3,(H,20,23). The maximum atomic E-state index is 12.2. The molecule has 0 aliphatic rings. The minimum atomic E-state index is -0.277. The van der Waals surface area contributed by atoms with E-state index in [1.54, 1.807) is 25.3 Å². The molecule has 0 atom stereocenters. The van der Waals surface area contributed by atoms with Gasteiger partial charge in [-0.05, 0) is 18.1 Å². The number of nitrogens with zero attached hydrogens (tertiary/aromatic N) is 2. The molecular weight excluding hydrogens is 318 g/mol. The van der Waals surface area contributed by atoms with Gasteiger partial charge < -0.3 is 14.8 Å². The Hall–Kier alpha value is -2.63. The van der Waals surface area contributed by atoms with Crippen molar-refractivity contribution >= 4 is 11.6 Å². The fraction of sp³-hybridized carbons (Fsp3) is 0.421. The summed E-state index contributed by atoms with van der Waals surface area (Å²) in [5.74, 6) is 1.89. The summed E-state index contributed by atoms with van der Waals surface area (Å²) in [4.78, 5) is 21.1. The van der Waals surface area contributed by atoms with Crippen molar-refractivity contribution in [2.45, 2.75) is 39.5 Å². The first-order valence-electron chi connectivity index (χ1n) is 8.35. The lowest BCUT2D eigenvalue weighted by molar-refractivity contribution is -0.118. The third-order valence-corrected chi connectivity index (χ3v) is 3.58. The van der Waals surface area contributed by atoms with Crippen LogP contribution in [0.15, 0.2) is 30.3 Å². The first kappa shape index (κ1) is 18.7. The number of carbonyl (C=O) groups is 1. The second kappa shape index (κ2) is 8.46. The predicted molar refractivity (Wildman–Crippen MR) is 97.3 cm³/mol. The van der Waals surface area contributed by atoms with Crippen LogP contribution in [0.1, 0.15) is 51.0 Å². The van der Waals surface area contributed by atoms with Gasteiger partial charge in [-0.25, -0.2) is 4.98 Å². The van der Waals surface area contributed by atoms with Gasteiger partial charge in [0.25, 0.3) is 5.91 Å². The van der Waals surface area contributed by atoms with Crippen LogP contribution in [0.25, 0.3) is 0 Å². The summed E-state index contributed by atoms with van der Waals surface area (Å²) in [6, 6.07) is 9.01. The maximum Gasteiger partial charge on any atom is 0.262 e. The summed E-state index contributed by atoms with van der Waals surface area (Å²) in [6.45, 7) is 8.04. The van der Waals surface area contributed by atoms with Gasteiger partial charge in [0, 0.05) is 12.0 Å². The average molecular weight is 343 g/mol. The molecular formula is C19H25N3O3. The number of carbonyl (C=O) groups excluding carboxylic acids is 1. The molecule has 0 saturated heterocycles. The van der Waals surface area contributed by atoms with Crippen LogP contribution in [-0.4, -0.2) is 29.6 Å². The first-order valence-corrected chi connectivity index (χ1v) is 8.35. The molecule has 0 aliphatic heterocycles. The Morgan fingerprint density at radius 1 is 1.12 bits per heavy atom. The van der Waals surface area contributed by atoms with Crippen LogP contribution >= 0.6 is 0 Å². The summed E-state index contributed by atoms with van der Waals surface area (Å²) in [7, 11) is 1.56. The largest absolute Gasteiger partial charge is 0.495 e. The van der Waals surface area contributed by atoms with Crippen molar-refractivity contribution in [2.75, 3.05) is 19.0 Å². The van der Waals surface area contributed by atoms with Crippen LogP contribution in [0.4, 0.5) is 5.69 Å². The first-order chi connectivity index (χ1) is 11.9. The summed E-state index contributed by atoms with van der Waals surface area (Å²) >= 11 is 0. The molecule has 0 bridgehead atoms. The number of hydrogen-bond acceptors (Lipinski definition) is 5. The molecule has 25 heavy (non-hydrogen) atoms. The minimum absolute atomic E-state index is 0.135. The van der Waals surface area contributed by atoms with Gasteiger partial charge in [-0.1, -0.05) is 39.8 Å². The van der Waals surface area contributed by atoms with Crippen molar-refractivity contribution in [3.8, 4) is 11.6 Å². The van der Waals surface area contributed by atoms with E-state index in [2.05, 4.69) is 29.1 Å². The minimum Gasteiger partial charge on any atom is -0.495 e. The monoisotopic (exact) mass is 343 g/mol. The van der Waals surface area contributed by atoms with Crippen LogP contribution < -0.4 is 14.8 Å². The van der Waals surface area contributed by atoms with E-state index in [-0.39, 0.29) is 24.3 Å². The van der Waals surface area contributed by atoms with Crippen LogP contribution in [-0.2, 0) is 4.79 Å². The predicted octanol–water partition coefficient (Wildman–Crippen LogP) is 3.75. The van der Waals surface area contributed by atoms with E-state index in [0.717, 1.165) is 5.69 Å². The van der Waals surface area contributed by atoms with Gasteiger partial charge in [0.2, 0.25) is 5.88 Å². The van der Waals surface area contributed by atoms with E-state index in [4.69, 9.17) is 9.47 Å². The van der Waals surface area contributed by atoms with Crippen LogP contribution in [0.3, 0.4) is 0 Å². The Balaban J connectivity index is 2.06. The molecule has 0 unspecified atom stereocenters. The zero-order valence-electron chi connectivity index (χ0n) is 15.4. The molecule has 134 valence electrons. The maximum absolute atomic E-state index is 12.2. The second-order valence-electron chi connectivity index (χ2n) is 6.34. The Morgan fingerprint density at radius 3 is 2.48 bits per heavy atom. The van der Waals surface area contributed by atoms with E-state index in [0.29, 0.717) is 23.1 Å². The summed E-state index contributed by atoms with van der Waals surface area (Å²) < 4.78 is 10.8. The quantitative estimate of drug-likeness (QED) is 0.829. The third-order valence-electron chi connectivity index (χ3n) is 3.58. The summed E-state index contributed by atoms with van der Waals surface area (Å²) in [6.07, 6.45) is 0. The Morgan fingerprint density at radius 2 is 1.84 bits per heavy atom. The van der Waals surface area contributed by atoms with Crippen molar-refractivity contribution in [1.29, 1.82) is 0 Å². The van der Waals surface area contributed by atoms with E-state index in [1.165, 1.54) is 0 Å². The van der Waals surface area contributed by atoms with E-state index in [1.807, 2.05) is 26.0 Å². The number of para-hydroxylation sites is 2. The van der Waals surface area contributed by atoms with Gasteiger partial charge in [0.1, 0.15) is 11.6 Å². The number of anilines is 1. The van der Waals surface area contributed by atoms with Crippen LogP contribution in [0.5, 0.6) is 11.6 Å². The highest BCUT2D eigenvalue weighted by Crippen LogP contribution is 2.23. The SMILES string of the molecule is COc1ccccc1NC(=O)COc1cc(C(C)C)nc(C(C)C)n1.